The van der Waals surface area contributed by atoms with Gasteiger partial charge in [-0.2, -0.15) is 10.5 Å². The van der Waals surface area contributed by atoms with Gasteiger partial charge in [0.15, 0.2) is 11.2 Å². The number of unbranched alkanes of at least 4 members (excludes halogenated alkanes) is 12. The average Bonchev–Trinajstić information content (AvgIpc) is 3.83. The van der Waals surface area contributed by atoms with E-state index in [9.17, 15) is 10.5 Å². The first kappa shape index (κ1) is 43.4. The third-order valence-electron chi connectivity index (χ3n) is 10.7. The van der Waals surface area contributed by atoms with Crippen LogP contribution in [-0.4, -0.2) is 36.1 Å². The van der Waals surface area contributed by atoms with Gasteiger partial charge in [-0.25, -0.2) is 0 Å². The highest BCUT2D eigenvalue weighted by molar-refractivity contribution is 6.12. The van der Waals surface area contributed by atoms with Crippen molar-refractivity contribution in [2.24, 2.45) is 0 Å². The Bertz CT molecular complexity index is 2070. The van der Waals surface area contributed by atoms with Gasteiger partial charge in [0.1, 0.15) is 23.3 Å². The maximum Gasteiger partial charge on any atom is 0.214 e. The van der Waals surface area contributed by atoms with Crippen molar-refractivity contribution < 1.29 is 8.83 Å². The van der Waals surface area contributed by atoms with E-state index in [-0.39, 0.29) is 0 Å². The molecule has 8 nitrogen and oxygen atoms in total. The van der Waals surface area contributed by atoms with Crippen molar-refractivity contribution in [2.75, 3.05) is 36.0 Å². The van der Waals surface area contributed by atoms with Crippen molar-refractivity contribution in [3.8, 4) is 35.8 Å². The minimum atomic E-state index is 0.418. The third-order valence-corrected chi connectivity index (χ3v) is 10.7. The summed E-state index contributed by atoms with van der Waals surface area (Å²) < 4.78 is 14.0. The van der Waals surface area contributed by atoms with Gasteiger partial charge >= 0.3 is 0 Å². The number of fused-ring (bicyclic) bond motifs is 2. The summed E-state index contributed by atoms with van der Waals surface area (Å²) in [6, 6.07) is 12.6. The van der Waals surface area contributed by atoms with Crippen molar-refractivity contribution in [1.29, 1.82) is 10.5 Å². The fraction of sp³-hybridized carbons (Fsp3) is 0.480. The van der Waals surface area contributed by atoms with E-state index in [1.54, 1.807) is 24.8 Å². The number of aromatic nitrogens is 2. The predicted octanol–water partition coefficient (Wildman–Crippen LogP) is 12.4. The van der Waals surface area contributed by atoms with Gasteiger partial charge in [0, 0.05) is 62.1 Å². The van der Waals surface area contributed by atoms with Crippen molar-refractivity contribution in [1.82, 2.24) is 9.97 Å². The van der Waals surface area contributed by atoms with E-state index in [1.165, 1.54) is 0 Å². The highest BCUT2D eigenvalue weighted by Gasteiger charge is 2.31. The Morgan fingerprint density at radius 1 is 0.448 bits per heavy atom. The molecular formula is C50H60N6O2. The minimum absolute atomic E-state index is 0.418. The molecule has 0 radical (unpaired) electrons. The summed E-state index contributed by atoms with van der Waals surface area (Å²) >= 11 is 0. The smallest absolute Gasteiger partial charge is 0.214 e. The van der Waals surface area contributed by atoms with Crippen LogP contribution in [0.3, 0.4) is 0 Å². The first-order chi connectivity index (χ1) is 28.6. The lowest BCUT2D eigenvalue weighted by atomic mass is 9.96. The summed E-state index contributed by atoms with van der Waals surface area (Å²) in [5, 5.41) is 23.3. The number of benzene rings is 1. The summed E-state index contributed by atoms with van der Waals surface area (Å²) in [5.74, 6) is 14.6. The first-order valence-electron chi connectivity index (χ1n) is 21.8. The molecule has 0 saturated carbocycles. The van der Waals surface area contributed by atoms with E-state index in [0.29, 0.717) is 56.0 Å². The van der Waals surface area contributed by atoms with Gasteiger partial charge in [-0.05, 0) is 49.9 Å². The number of pyridine rings is 2. The molecule has 0 fully saturated rings. The van der Waals surface area contributed by atoms with Crippen LogP contribution in [0, 0.1) is 46.3 Å². The number of furan rings is 2. The van der Waals surface area contributed by atoms with E-state index < -0.39 is 0 Å². The number of rotatable bonds is 22. The van der Waals surface area contributed by atoms with E-state index in [4.69, 9.17) is 8.83 Å². The Morgan fingerprint density at radius 2 is 0.776 bits per heavy atom. The molecule has 302 valence electrons. The Kier molecular flexibility index (Phi) is 17.6. The standard InChI is InChI=1S/C50H60N6O2/c1-5-9-13-17-33-55(34-18-14-10-6-2)49-43(37-51)45-41(23-21-39-25-29-53-30-26-39)48-46(42(47(45)57-49)24-22-40-27-31-54-32-28-40)44(38-52)50(58-48)56(35-19-15-11-7-3)36-20-16-12-8-4/h25-32H,5-20,33-36H2,1-4H3. The molecule has 1 aromatic carbocycles. The van der Waals surface area contributed by atoms with Gasteiger partial charge in [-0.1, -0.05) is 128 Å². The molecule has 5 aromatic rings. The third kappa shape index (κ3) is 11.2. The van der Waals surface area contributed by atoms with Crippen LogP contribution in [0.15, 0.2) is 57.9 Å². The second kappa shape index (κ2) is 23.5. The van der Waals surface area contributed by atoms with Crippen molar-refractivity contribution >= 4 is 33.7 Å². The lowest BCUT2D eigenvalue weighted by molar-refractivity contribution is 0.543. The average molecular weight is 777 g/mol. The van der Waals surface area contributed by atoms with Gasteiger partial charge in [0.25, 0.3) is 0 Å². The lowest BCUT2D eigenvalue weighted by Crippen LogP contribution is -2.26. The molecule has 0 bridgehead atoms. The van der Waals surface area contributed by atoms with Crippen LogP contribution < -0.4 is 9.80 Å². The molecule has 58 heavy (non-hydrogen) atoms. The van der Waals surface area contributed by atoms with E-state index in [2.05, 4.69) is 83.3 Å². The normalized spacial score (nSPS) is 10.8. The quantitative estimate of drug-likeness (QED) is 0.0505. The first-order valence-corrected chi connectivity index (χ1v) is 21.8. The molecule has 0 unspecified atom stereocenters. The fourth-order valence-corrected chi connectivity index (χ4v) is 7.47. The van der Waals surface area contributed by atoms with Gasteiger partial charge in [-0.3, -0.25) is 9.97 Å². The zero-order chi connectivity index (χ0) is 41.0. The Labute approximate surface area is 346 Å². The Balaban J connectivity index is 1.85. The van der Waals surface area contributed by atoms with Crippen molar-refractivity contribution in [2.45, 2.75) is 130 Å². The largest absolute Gasteiger partial charge is 0.438 e. The number of nitrogens with zero attached hydrogens (tertiary/aromatic N) is 6. The van der Waals surface area contributed by atoms with Gasteiger partial charge < -0.3 is 18.6 Å². The van der Waals surface area contributed by atoms with Crippen molar-refractivity contribution in [3.63, 3.8) is 0 Å². The molecule has 0 aliphatic heterocycles. The molecule has 0 N–H and O–H groups in total. The van der Waals surface area contributed by atoms with Crippen molar-refractivity contribution in [3.05, 3.63) is 82.4 Å². The summed E-state index contributed by atoms with van der Waals surface area (Å²) in [5.41, 5.74) is 4.34. The molecule has 4 aromatic heterocycles. The van der Waals surface area contributed by atoms with Crippen LogP contribution in [0.25, 0.3) is 21.9 Å². The highest BCUT2D eigenvalue weighted by Crippen LogP contribution is 2.45. The van der Waals surface area contributed by atoms with Crippen LogP contribution in [0.2, 0.25) is 0 Å². The van der Waals surface area contributed by atoms with E-state index >= 15 is 0 Å². The van der Waals surface area contributed by atoms with Crippen LogP contribution >= 0.6 is 0 Å². The molecule has 8 heteroatoms. The lowest BCUT2D eigenvalue weighted by Gasteiger charge is -2.22. The summed E-state index contributed by atoms with van der Waals surface area (Å²) in [6.07, 6.45) is 24.4. The van der Waals surface area contributed by atoms with Crippen LogP contribution in [0.1, 0.15) is 164 Å². The van der Waals surface area contributed by atoms with E-state index in [0.717, 1.165) is 140 Å². The maximum absolute atomic E-state index is 11.1. The summed E-state index contributed by atoms with van der Waals surface area (Å²) in [6.45, 7) is 11.9. The molecule has 4 heterocycles. The van der Waals surface area contributed by atoms with Gasteiger partial charge in [-0.15, -0.1) is 0 Å². The molecule has 0 amide bonds. The van der Waals surface area contributed by atoms with Gasteiger partial charge in [0.05, 0.1) is 21.9 Å². The summed E-state index contributed by atoms with van der Waals surface area (Å²) in [4.78, 5) is 12.9. The zero-order valence-corrected chi connectivity index (χ0v) is 35.3. The van der Waals surface area contributed by atoms with Crippen LogP contribution in [0.4, 0.5) is 11.8 Å². The molecule has 5 rings (SSSR count). The zero-order valence-electron chi connectivity index (χ0n) is 35.3. The molecule has 0 saturated heterocycles. The fourth-order valence-electron chi connectivity index (χ4n) is 7.47. The highest BCUT2D eigenvalue weighted by atomic mass is 16.4. The molecule has 0 aliphatic carbocycles. The number of hydrogen-bond acceptors (Lipinski definition) is 8. The molecular weight excluding hydrogens is 717 g/mol. The minimum Gasteiger partial charge on any atom is -0.438 e. The predicted molar refractivity (Wildman–Crippen MR) is 237 cm³/mol. The molecule has 0 aliphatic rings. The maximum atomic E-state index is 11.1. The Morgan fingerprint density at radius 3 is 1.07 bits per heavy atom. The molecule has 0 spiro atoms. The van der Waals surface area contributed by atoms with Crippen LogP contribution in [-0.2, 0) is 0 Å². The van der Waals surface area contributed by atoms with Crippen LogP contribution in [0.5, 0.6) is 0 Å². The summed E-state index contributed by atoms with van der Waals surface area (Å²) in [7, 11) is 0. The SMILES string of the molecule is CCCCCCN(CCCCCC)c1oc2c(C#Cc3ccncc3)c3c(C#N)c(N(CCCCCC)CCCCCC)oc3c(C#Cc3ccncc3)c2c1C#N. The Hall–Kier alpha value is -5.70. The second-order valence-corrected chi connectivity index (χ2v) is 15.1. The monoisotopic (exact) mass is 776 g/mol. The number of hydrogen-bond donors (Lipinski definition) is 0. The molecule has 0 atom stereocenters. The topological polar surface area (TPSA) is 106 Å². The van der Waals surface area contributed by atoms with E-state index in [1.807, 2.05) is 24.3 Å². The second-order valence-electron chi connectivity index (χ2n) is 15.1. The number of anilines is 2. The number of nitriles is 2. The van der Waals surface area contributed by atoms with Gasteiger partial charge in [0.2, 0.25) is 11.8 Å².